The summed E-state index contributed by atoms with van der Waals surface area (Å²) in [5.41, 5.74) is 0. The highest BCUT2D eigenvalue weighted by Gasteiger charge is 2.34. The fourth-order valence-electron chi connectivity index (χ4n) is 3.39. The number of nitrogens with zero attached hydrogens (tertiary/aromatic N) is 2. The fraction of sp³-hybridized carbons (Fsp3) is 0.429. The normalized spacial score (nSPS) is 16.0. The summed E-state index contributed by atoms with van der Waals surface area (Å²) >= 11 is 0. The first-order chi connectivity index (χ1) is 15.2. The second kappa shape index (κ2) is 10.1. The number of benzene rings is 2. The zero-order valence-electron chi connectivity index (χ0n) is 18.4. The Labute approximate surface area is 189 Å². The Balaban J connectivity index is 1.75. The molecule has 1 fully saturated rings. The first-order valence-electron chi connectivity index (χ1n) is 10.3. The average Bonchev–Trinajstić information content (AvgIpc) is 2.80. The van der Waals surface area contributed by atoms with Crippen LogP contribution in [0, 0.1) is 0 Å². The minimum atomic E-state index is -3.82. The number of piperazine rings is 1. The second-order valence-corrected chi connectivity index (χ2v) is 10.8. The van der Waals surface area contributed by atoms with Gasteiger partial charge in [-0.3, -0.25) is 0 Å². The molecule has 32 heavy (non-hydrogen) atoms. The van der Waals surface area contributed by atoms with Crippen molar-refractivity contribution < 1.29 is 31.0 Å². The van der Waals surface area contributed by atoms with Gasteiger partial charge in [0.15, 0.2) is 11.5 Å². The smallest absolute Gasteiger partial charge is 0.243 e. The van der Waals surface area contributed by atoms with Crippen molar-refractivity contribution in [3.63, 3.8) is 0 Å². The summed E-state index contributed by atoms with van der Waals surface area (Å²) in [6.45, 7) is 4.65. The summed E-state index contributed by atoms with van der Waals surface area (Å²) in [6.07, 6.45) is 0. The molecule has 2 aromatic carbocycles. The third kappa shape index (κ3) is 5.01. The molecule has 0 unspecified atom stereocenters. The number of hydrogen-bond donors (Lipinski definition) is 0. The van der Waals surface area contributed by atoms with E-state index in [0.717, 1.165) is 0 Å². The van der Waals surface area contributed by atoms with E-state index in [2.05, 4.69) is 0 Å². The lowest BCUT2D eigenvalue weighted by atomic mass is 10.3. The fourth-order valence-corrected chi connectivity index (χ4v) is 6.25. The highest BCUT2D eigenvalue weighted by molar-refractivity contribution is 7.89. The molecular weight excluding hydrogens is 456 g/mol. The zero-order chi connectivity index (χ0) is 23.4. The molecule has 1 saturated heterocycles. The minimum Gasteiger partial charge on any atom is -0.497 e. The zero-order valence-corrected chi connectivity index (χ0v) is 20.0. The van der Waals surface area contributed by atoms with E-state index < -0.39 is 20.0 Å². The highest BCUT2D eigenvalue weighted by Crippen LogP contribution is 2.32. The molecule has 1 heterocycles. The van der Waals surface area contributed by atoms with Gasteiger partial charge in [-0.05, 0) is 50.2 Å². The molecule has 176 valence electrons. The molecule has 0 aromatic heterocycles. The Hall–Kier alpha value is -2.34. The topological polar surface area (TPSA) is 102 Å². The molecule has 1 aliphatic heterocycles. The van der Waals surface area contributed by atoms with Gasteiger partial charge in [-0.25, -0.2) is 16.8 Å². The van der Waals surface area contributed by atoms with Gasteiger partial charge in [-0.1, -0.05) is 0 Å². The molecular formula is C21H28N2O7S2. The van der Waals surface area contributed by atoms with E-state index in [0.29, 0.717) is 30.5 Å². The van der Waals surface area contributed by atoms with E-state index in [1.165, 1.54) is 40.0 Å². The van der Waals surface area contributed by atoms with Crippen molar-refractivity contribution in [2.24, 2.45) is 0 Å². The van der Waals surface area contributed by atoms with Crippen LogP contribution in [0.15, 0.2) is 52.3 Å². The molecule has 0 aliphatic carbocycles. The number of hydrogen-bond acceptors (Lipinski definition) is 7. The maximum atomic E-state index is 13.2. The lowest BCUT2D eigenvalue weighted by molar-refractivity contribution is 0.272. The van der Waals surface area contributed by atoms with Crippen molar-refractivity contribution in [3.8, 4) is 17.2 Å². The molecule has 0 spiro atoms. The third-order valence-corrected chi connectivity index (χ3v) is 8.85. The molecule has 0 N–H and O–H groups in total. The third-order valence-electron chi connectivity index (χ3n) is 5.05. The molecule has 11 heteroatoms. The van der Waals surface area contributed by atoms with E-state index in [1.807, 2.05) is 6.92 Å². The Morgan fingerprint density at radius 3 is 1.69 bits per heavy atom. The van der Waals surface area contributed by atoms with Gasteiger partial charge in [0.1, 0.15) is 5.75 Å². The molecule has 2 aromatic rings. The quantitative estimate of drug-likeness (QED) is 0.538. The van der Waals surface area contributed by atoms with Crippen molar-refractivity contribution in [1.29, 1.82) is 0 Å². The van der Waals surface area contributed by atoms with E-state index in [1.54, 1.807) is 25.1 Å². The lowest BCUT2D eigenvalue weighted by Gasteiger charge is -2.33. The van der Waals surface area contributed by atoms with Crippen LogP contribution in [0.2, 0.25) is 0 Å². The highest BCUT2D eigenvalue weighted by atomic mass is 32.2. The Kier molecular flexibility index (Phi) is 7.65. The summed E-state index contributed by atoms with van der Waals surface area (Å²) < 4.78 is 70.8. The number of methoxy groups -OCH3 is 1. The summed E-state index contributed by atoms with van der Waals surface area (Å²) in [4.78, 5) is 0.221. The number of sulfonamides is 2. The van der Waals surface area contributed by atoms with E-state index in [4.69, 9.17) is 14.2 Å². The number of rotatable bonds is 9. The van der Waals surface area contributed by atoms with Crippen molar-refractivity contribution in [2.75, 3.05) is 46.5 Å². The molecule has 1 aliphatic rings. The van der Waals surface area contributed by atoms with Gasteiger partial charge in [0.25, 0.3) is 0 Å². The average molecular weight is 485 g/mol. The predicted molar refractivity (Wildman–Crippen MR) is 119 cm³/mol. The van der Waals surface area contributed by atoms with Crippen LogP contribution in [-0.2, 0) is 20.0 Å². The Bertz CT molecular complexity index is 1130. The predicted octanol–water partition coefficient (Wildman–Crippen LogP) is 2.19. The van der Waals surface area contributed by atoms with Crippen LogP contribution in [0.1, 0.15) is 13.8 Å². The molecule has 0 bridgehead atoms. The maximum absolute atomic E-state index is 13.2. The van der Waals surface area contributed by atoms with Crippen LogP contribution in [0.4, 0.5) is 0 Å². The van der Waals surface area contributed by atoms with Gasteiger partial charge in [-0.15, -0.1) is 0 Å². The van der Waals surface area contributed by atoms with Crippen LogP contribution in [0.3, 0.4) is 0 Å². The van der Waals surface area contributed by atoms with Gasteiger partial charge in [0, 0.05) is 32.2 Å². The van der Waals surface area contributed by atoms with Crippen LogP contribution in [0.5, 0.6) is 17.2 Å². The molecule has 0 amide bonds. The van der Waals surface area contributed by atoms with Crippen molar-refractivity contribution in [2.45, 2.75) is 23.6 Å². The van der Waals surface area contributed by atoms with Crippen LogP contribution in [-0.4, -0.2) is 71.9 Å². The summed E-state index contributed by atoms with van der Waals surface area (Å²) in [7, 11) is -6.04. The van der Waals surface area contributed by atoms with Crippen molar-refractivity contribution in [3.05, 3.63) is 42.5 Å². The molecule has 3 rings (SSSR count). The van der Waals surface area contributed by atoms with Crippen molar-refractivity contribution in [1.82, 2.24) is 8.61 Å². The molecule has 0 atom stereocenters. The summed E-state index contributed by atoms with van der Waals surface area (Å²) in [5, 5.41) is 0. The van der Waals surface area contributed by atoms with Gasteiger partial charge in [-0.2, -0.15) is 8.61 Å². The van der Waals surface area contributed by atoms with Crippen LogP contribution >= 0.6 is 0 Å². The van der Waals surface area contributed by atoms with Crippen LogP contribution < -0.4 is 14.2 Å². The van der Waals surface area contributed by atoms with Crippen molar-refractivity contribution >= 4 is 20.0 Å². The standard InChI is InChI=1S/C21H28N2O7S2/c1-4-29-20-11-10-19(16-21(20)30-5-2)32(26,27)23-14-12-22(13-15-23)31(24,25)18-8-6-17(28-3)7-9-18/h6-11,16H,4-5,12-15H2,1-3H3. The second-order valence-electron chi connectivity index (χ2n) is 6.96. The Morgan fingerprint density at radius 2 is 1.19 bits per heavy atom. The molecule has 0 saturated carbocycles. The van der Waals surface area contributed by atoms with E-state index in [-0.39, 0.29) is 36.0 Å². The monoisotopic (exact) mass is 484 g/mol. The van der Waals surface area contributed by atoms with E-state index in [9.17, 15) is 16.8 Å². The molecule has 0 radical (unpaired) electrons. The van der Waals surface area contributed by atoms with Gasteiger partial charge in [0.05, 0.1) is 30.1 Å². The maximum Gasteiger partial charge on any atom is 0.243 e. The minimum absolute atomic E-state index is 0.0505. The van der Waals surface area contributed by atoms with Gasteiger partial charge in [0.2, 0.25) is 20.0 Å². The largest absolute Gasteiger partial charge is 0.497 e. The van der Waals surface area contributed by atoms with Crippen LogP contribution in [0.25, 0.3) is 0 Å². The summed E-state index contributed by atoms with van der Waals surface area (Å²) in [6, 6.07) is 10.6. The first-order valence-corrected chi connectivity index (χ1v) is 13.2. The molecule has 9 nitrogen and oxygen atoms in total. The summed E-state index contributed by atoms with van der Waals surface area (Å²) in [5.74, 6) is 1.39. The van der Waals surface area contributed by atoms with Gasteiger partial charge >= 0.3 is 0 Å². The SMILES string of the molecule is CCOc1ccc(S(=O)(=O)N2CCN(S(=O)(=O)c3ccc(OC)cc3)CC2)cc1OCC. The first kappa shape index (κ1) is 24.3. The lowest BCUT2D eigenvalue weighted by Crippen LogP contribution is -2.50. The Morgan fingerprint density at radius 1 is 0.719 bits per heavy atom. The van der Waals surface area contributed by atoms with E-state index >= 15 is 0 Å². The van der Waals surface area contributed by atoms with Gasteiger partial charge < -0.3 is 14.2 Å². The number of ether oxygens (including phenoxy) is 3.